The number of likely N-dealkylation sites (tertiary alicyclic amines) is 2. The molecule has 2 fully saturated rings. The molecule has 33 heteroatoms. The highest BCUT2D eigenvalue weighted by molar-refractivity contribution is 5.99. The summed E-state index contributed by atoms with van der Waals surface area (Å²) in [5.41, 5.74) is 17.8. The van der Waals surface area contributed by atoms with E-state index in [2.05, 4.69) is 63.1 Å². The van der Waals surface area contributed by atoms with E-state index in [0.29, 0.717) is 56.5 Å². The number of aromatic hydroxyl groups is 1. The summed E-state index contributed by atoms with van der Waals surface area (Å²) in [7, 11) is 0. The molecule has 2 aliphatic heterocycles. The minimum Gasteiger partial charge on any atom is -0.508 e. The minimum atomic E-state index is -1.51. The number of carbonyl (C=O) groups excluding carboxylic acids is 12. The number of hydrogen-bond donors (Lipinski definition) is 18. The summed E-state index contributed by atoms with van der Waals surface area (Å²) in [5.74, 6) is -10.1. The smallest absolute Gasteiger partial charge is 0.248 e. The highest BCUT2D eigenvalue weighted by Crippen LogP contribution is 2.23. The maximum atomic E-state index is 14.6. The SMILES string of the molecule is CC(O)[C@H](N)C(=O)N[C@@H](CO)C(=O)N1CCC[C@@H]1C(=O)N[C@@H](Cc1cnc[nH]1)C(=O)N[C@H](C(=O)N1CCC[C@H]1C(=O)N[C@@H](Cc1ccc(O)cc1)C(=O)NCC(=O)NCC(=O)NCC(=O)N[C@@H](CO)C(=O)N[C@@H](CCCCN)C(=O)N[C@H](C)CCCCN)C(C)C. The van der Waals surface area contributed by atoms with Gasteiger partial charge < -0.3 is 106 Å². The van der Waals surface area contributed by atoms with E-state index in [1.165, 1.54) is 48.6 Å². The Hall–Kier alpha value is -8.37. The fourth-order valence-electron chi connectivity index (χ4n) is 10.1. The molecule has 11 atom stereocenters. The Labute approximate surface area is 527 Å². The Bertz CT molecular complexity index is 2760. The number of aliphatic hydroxyl groups is 3. The number of aromatic nitrogens is 2. The Morgan fingerprint density at radius 2 is 1.10 bits per heavy atom. The first-order chi connectivity index (χ1) is 43.3. The van der Waals surface area contributed by atoms with E-state index in [1.54, 1.807) is 13.8 Å². The number of nitrogens with one attached hydrogen (secondary N) is 11. The van der Waals surface area contributed by atoms with E-state index in [0.717, 1.165) is 17.7 Å². The second-order valence-corrected chi connectivity index (χ2v) is 23.0. The summed E-state index contributed by atoms with van der Waals surface area (Å²) in [6, 6.07) is -6.24. The van der Waals surface area contributed by atoms with E-state index in [4.69, 9.17) is 17.2 Å². The molecule has 33 nitrogen and oxygen atoms in total. The lowest BCUT2D eigenvalue weighted by molar-refractivity contribution is -0.144. The lowest BCUT2D eigenvalue weighted by atomic mass is 10.0. The van der Waals surface area contributed by atoms with Crippen molar-refractivity contribution in [3.05, 3.63) is 48.0 Å². The van der Waals surface area contributed by atoms with Gasteiger partial charge in [-0.15, -0.1) is 0 Å². The van der Waals surface area contributed by atoms with E-state index in [9.17, 15) is 78.0 Å². The molecule has 0 saturated carbocycles. The van der Waals surface area contributed by atoms with Crippen LogP contribution in [0.3, 0.4) is 0 Å². The number of carbonyl (C=O) groups is 12. The molecule has 0 bridgehead atoms. The van der Waals surface area contributed by atoms with Crippen LogP contribution in [0.2, 0.25) is 0 Å². The van der Waals surface area contributed by atoms with Gasteiger partial charge in [0, 0.05) is 43.9 Å². The second-order valence-electron chi connectivity index (χ2n) is 23.0. The zero-order valence-corrected chi connectivity index (χ0v) is 52.0. The van der Waals surface area contributed by atoms with Gasteiger partial charge in [0.2, 0.25) is 70.9 Å². The van der Waals surface area contributed by atoms with Crippen LogP contribution in [-0.2, 0) is 70.4 Å². The molecule has 1 aromatic carbocycles. The van der Waals surface area contributed by atoms with E-state index in [1.807, 2.05) is 6.92 Å². The molecule has 506 valence electrons. The van der Waals surface area contributed by atoms with Crippen LogP contribution in [0.25, 0.3) is 0 Å². The number of amides is 12. The number of rotatable bonds is 38. The van der Waals surface area contributed by atoms with Crippen LogP contribution < -0.4 is 70.4 Å². The molecule has 0 spiro atoms. The lowest BCUT2D eigenvalue weighted by Gasteiger charge is -2.32. The van der Waals surface area contributed by atoms with Crippen LogP contribution in [-0.4, -0.2) is 237 Å². The third-order valence-corrected chi connectivity index (χ3v) is 15.4. The Morgan fingerprint density at radius 1 is 0.582 bits per heavy atom. The average molecular weight is 1280 g/mol. The number of phenols is 1. The van der Waals surface area contributed by atoms with Gasteiger partial charge >= 0.3 is 0 Å². The third-order valence-electron chi connectivity index (χ3n) is 15.4. The number of nitrogens with two attached hydrogens (primary N) is 3. The monoisotopic (exact) mass is 1280 g/mol. The Kier molecular flexibility index (Phi) is 31.6. The van der Waals surface area contributed by atoms with Crippen LogP contribution in [0.1, 0.15) is 103 Å². The number of aliphatic hydroxyl groups excluding tert-OH is 3. The maximum absolute atomic E-state index is 14.6. The molecule has 0 radical (unpaired) electrons. The number of aromatic amines is 1. The first kappa shape index (κ1) is 75.1. The fraction of sp³-hybridized carbons (Fsp3) is 0.638. The maximum Gasteiger partial charge on any atom is 0.248 e. The van der Waals surface area contributed by atoms with Gasteiger partial charge in [-0.05, 0) is 108 Å². The lowest BCUT2D eigenvalue weighted by Crippen LogP contribution is -2.61. The summed E-state index contributed by atoms with van der Waals surface area (Å²) in [6.07, 6.45) is 5.71. The van der Waals surface area contributed by atoms with E-state index in [-0.39, 0.29) is 57.0 Å². The Morgan fingerprint density at radius 3 is 1.64 bits per heavy atom. The summed E-state index contributed by atoms with van der Waals surface area (Å²) < 4.78 is 0. The zero-order chi connectivity index (χ0) is 67.3. The molecular formula is C58H93N17O16. The number of imidazole rings is 1. The van der Waals surface area contributed by atoms with Crippen molar-refractivity contribution >= 4 is 70.9 Å². The molecule has 1 unspecified atom stereocenters. The van der Waals surface area contributed by atoms with Crippen LogP contribution in [0, 0.1) is 5.92 Å². The number of H-pyrrole nitrogens is 1. The molecule has 2 aliphatic rings. The molecule has 2 saturated heterocycles. The van der Waals surface area contributed by atoms with Crippen molar-refractivity contribution in [2.75, 3.05) is 59.0 Å². The normalized spacial score (nSPS) is 17.5. The van der Waals surface area contributed by atoms with Crippen molar-refractivity contribution in [3.63, 3.8) is 0 Å². The van der Waals surface area contributed by atoms with Gasteiger partial charge in [0.15, 0.2) is 0 Å². The van der Waals surface area contributed by atoms with Crippen molar-refractivity contribution in [3.8, 4) is 5.75 Å². The molecule has 3 heterocycles. The van der Waals surface area contributed by atoms with Crippen LogP contribution in [0.5, 0.6) is 5.75 Å². The molecule has 91 heavy (non-hydrogen) atoms. The van der Waals surface area contributed by atoms with Crippen molar-refractivity contribution in [1.82, 2.24) is 72.9 Å². The van der Waals surface area contributed by atoms with Gasteiger partial charge in [-0.25, -0.2) is 4.98 Å². The zero-order valence-electron chi connectivity index (χ0n) is 52.0. The number of hydrogen-bond acceptors (Lipinski definition) is 20. The first-order valence-electron chi connectivity index (χ1n) is 30.7. The highest BCUT2D eigenvalue weighted by atomic mass is 16.3. The summed E-state index contributed by atoms with van der Waals surface area (Å²) in [4.78, 5) is 171. The second kappa shape index (κ2) is 38.4. The molecule has 21 N–H and O–H groups in total. The van der Waals surface area contributed by atoms with Gasteiger partial charge in [0.1, 0.15) is 60.1 Å². The number of phenolic OH excluding ortho intramolecular Hbond substituents is 1. The number of nitrogens with zero attached hydrogens (tertiary/aromatic N) is 3. The predicted octanol–water partition coefficient (Wildman–Crippen LogP) is -6.75. The van der Waals surface area contributed by atoms with Crippen LogP contribution >= 0.6 is 0 Å². The largest absolute Gasteiger partial charge is 0.508 e. The quantitative estimate of drug-likeness (QED) is 0.0278. The molecular weight excluding hydrogens is 1190 g/mol. The average Bonchev–Trinajstić information content (AvgIpc) is 2.14. The molecule has 0 aliphatic carbocycles. The van der Waals surface area contributed by atoms with Gasteiger partial charge in [-0.3, -0.25) is 57.5 Å². The summed E-state index contributed by atoms with van der Waals surface area (Å²) >= 11 is 0. The molecule has 2 aromatic rings. The summed E-state index contributed by atoms with van der Waals surface area (Å²) in [6.45, 7) is 3.64. The topological polar surface area (TPSA) is 519 Å². The fourth-order valence-corrected chi connectivity index (χ4v) is 10.1. The van der Waals surface area contributed by atoms with Crippen molar-refractivity contribution < 1.29 is 78.0 Å². The van der Waals surface area contributed by atoms with Gasteiger partial charge in [-0.1, -0.05) is 32.4 Å². The third kappa shape index (κ3) is 24.4. The van der Waals surface area contributed by atoms with Gasteiger partial charge in [-0.2, -0.15) is 0 Å². The van der Waals surface area contributed by atoms with Crippen molar-refractivity contribution in [1.29, 1.82) is 0 Å². The van der Waals surface area contributed by atoms with Crippen LogP contribution in [0.15, 0.2) is 36.8 Å². The molecule has 1 aromatic heterocycles. The minimum absolute atomic E-state index is 0.0622. The number of benzene rings is 1. The van der Waals surface area contributed by atoms with Gasteiger partial charge in [0.05, 0.1) is 45.3 Å². The summed E-state index contributed by atoms with van der Waals surface area (Å²) in [5, 5.41) is 64.9. The Balaban J connectivity index is 1.37. The van der Waals surface area contributed by atoms with Crippen molar-refractivity contribution in [2.45, 2.75) is 171 Å². The van der Waals surface area contributed by atoms with Crippen LogP contribution in [0.4, 0.5) is 0 Å². The predicted molar refractivity (Wildman–Crippen MR) is 326 cm³/mol. The van der Waals surface area contributed by atoms with Crippen molar-refractivity contribution in [2.24, 2.45) is 23.1 Å². The molecule has 12 amide bonds. The van der Waals surface area contributed by atoms with Gasteiger partial charge in [0.25, 0.3) is 0 Å². The number of unbranched alkanes of at least 4 members (excludes halogenated alkanes) is 2. The first-order valence-corrected chi connectivity index (χ1v) is 30.7. The van der Waals surface area contributed by atoms with E-state index < -0.39 is 170 Å². The highest BCUT2D eigenvalue weighted by Gasteiger charge is 2.43. The van der Waals surface area contributed by atoms with E-state index >= 15 is 0 Å². The standard InChI is InChI=1S/C58H93N17O16/c1-32(2)49(73-52(85)40(24-36-25-62-31-66-36)71-54(87)43-13-9-21-74(43)57(90)42(30-77)72-56(89)48(61)34(4)78)58(91)75-22-10-14-44(75)55(88)70-39(23-35-15-17-37(79)18-16-35)50(83)65-27-46(81)63-26-45(80)64-28-47(82)68-41(29-76)53(86)69-38(12-6-8-20-60)51(84)67-33(3)11-5-7-19-59/h15-18,25,31-34,38-44,48-49,76-79H,5-14,19-24,26-30,59-61H2,1-4H3,(H,62,66)(H,63,81)(H,64,80)(H,65,83)(H,67,84)(H,68,82)(H,69,86)(H,70,88)(H,71,87)(H,72,89)(H,73,85)/t33-,34?,38+,39+,40+,41+,42+,43-,44+,48+,49+/m1/s1. The molecule has 4 rings (SSSR count).